The van der Waals surface area contributed by atoms with Crippen molar-refractivity contribution < 1.29 is 18.7 Å². The zero-order chi connectivity index (χ0) is 23.2. The van der Waals surface area contributed by atoms with Gasteiger partial charge in [0.05, 0.1) is 13.0 Å². The molecule has 0 aliphatic carbocycles. The Morgan fingerprint density at radius 2 is 2.18 bits per heavy atom. The lowest BCUT2D eigenvalue weighted by Crippen LogP contribution is -2.44. The van der Waals surface area contributed by atoms with E-state index in [4.69, 9.17) is 33.5 Å². The highest BCUT2D eigenvalue weighted by Crippen LogP contribution is 2.49. The summed E-state index contributed by atoms with van der Waals surface area (Å²) in [6.07, 6.45) is 1.56. The zero-order valence-electron chi connectivity index (χ0n) is 18.0. The van der Waals surface area contributed by atoms with Crippen LogP contribution in [0, 0.1) is 3.57 Å². The van der Waals surface area contributed by atoms with Gasteiger partial charge in [-0.05, 0) is 65.7 Å². The van der Waals surface area contributed by atoms with Crippen LogP contribution in [0.1, 0.15) is 24.8 Å². The van der Waals surface area contributed by atoms with Gasteiger partial charge in [0.2, 0.25) is 12.9 Å². The van der Waals surface area contributed by atoms with Crippen molar-refractivity contribution in [3.63, 3.8) is 0 Å². The summed E-state index contributed by atoms with van der Waals surface area (Å²) in [7, 11) is 6.64. The first-order valence-electron chi connectivity index (χ1n) is 10.4. The van der Waals surface area contributed by atoms with Crippen molar-refractivity contribution in [2.75, 3.05) is 11.9 Å². The summed E-state index contributed by atoms with van der Waals surface area (Å²) in [5, 5.41) is 3.52. The molecule has 33 heavy (non-hydrogen) atoms. The van der Waals surface area contributed by atoms with Crippen LogP contribution in [0.25, 0.3) is 11.2 Å². The van der Waals surface area contributed by atoms with Gasteiger partial charge in [0.15, 0.2) is 23.3 Å². The Bertz CT molecular complexity index is 1170. The molecule has 4 heterocycles. The van der Waals surface area contributed by atoms with Crippen molar-refractivity contribution in [1.82, 2.24) is 15.0 Å². The fraction of sp³-hybridized carbons (Fsp3) is 0.450. The van der Waals surface area contributed by atoms with Crippen LogP contribution >= 0.6 is 46.0 Å². The number of thioether (sulfide) groups is 1. The molecule has 0 bridgehead atoms. The number of anilines is 1. The van der Waals surface area contributed by atoms with E-state index in [1.807, 2.05) is 30.8 Å². The number of aromatic amines is 1. The van der Waals surface area contributed by atoms with E-state index >= 15 is 0 Å². The summed E-state index contributed by atoms with van der Waals surface area (Å²) in [5.74, 6) is -0.0398. The van der Waals surface area contributed by atoms with Gasteiger partial charge in [-0.3, -0.25) is 4.98 Å². The van der Waals surface area contributed by atoms with E-state index in [9.17, 15) is 0 Å². The monoisotopic (exact) mass is 595 g/mol. The fourth-order valence-electron chi connectivity index (χ4n) is 4.26. The molecule has 0 amide bonds. The van der Waals surface area contributed by atoms with E-state index < -0.39 is 5.79 Å². The third kappa shape index (κ3) is 4.87. The largest absolute Gasteiger partial charge is 0.451 e. The van der Waals surface area contributed by atoms with Crippen LogP contribution in [0.15, 0.2) is 30.6 Å². The van der Waals surface area contributed by atoms with Crippen molar-refractivity contribution >= 4 is 78.0 Å². The normalized spacial score (nSPS) is 25.9. The number of ether oxygens (including phenoxy) is 2. The van der Waals surface area contributed by atoms with Gasteiger partial charge in [-0.25, -0.2) is 4.57 Å². The lowest BCUT2D eigenvalue weighted by molar-refractivity contribution is -0.682. The van der Waals surface area contributed by atoms with Crippen molar-refractivity contribution in [3.8, 4) is 0 Å². The Balaban J connectivity index is 1.45. The predicted molar refractivity (Wildman–Crippen MR) is 137 cm³/mol. The van der Waals surface area contributed by atoms with Crippen LogP contribution < -0.4 is 9.88 Å². The number of benzene rings is 1. The molecule has 4 atom stereocenters. The van der Waals surface area contributed by atoms with E-state index in [1.54, 1.807) is 11.8 Å². The zero-order valence-corrected chi connectivity index (χ0v) is 21.7. The Hall–Kier alpha value is -1.05. The van der Waals surface area contributed by atoms with E-state index in [2.05, 4.69) is 61.1 Å². The summed E-state index contributed by atoms with van der Waals surface area (Å²) in [5.41, 5.74) is 2.61. The molecule has 13 heteroatoms. The molecule has 3 radical (unpaired) electrons. The molecule has 169 valence electrons. The summed E-state index contributed by atoms with van der Waals surface area (Å²) < 4.78 is 21.1. The number of nitrogens with zero attached hydrogens (tertiary/aromatic N) is 3. The fourth-order valence-corrected chi connectivity index (χ4v) is 6.57. The third-order valence-corrected chi connectivity index (χ3v) is 7.93. The highest BCUT2D eigenvalue weighted by molar-refractivity contribution is 14.1. The van der Waals surface area contributed by atoms with Crippen LogP contribution in [0.2, 0.25) is 5.28 Å². The summed E-state index contributed by atoms with van der Waals surface area (Å²) in [6.45, 7) is 4.89. The maximum Gasteiger partial charge on any atom is 0.310 e. The molecule has 2 aliphatic heterocycles. The van der Waals surface area contributed by atoms with Crippen molar-refractivity contribution in [1.29, 1.82) is 0 Å². The van der Waals surface area contributed by atoms with E-state index in [-0.39, 0.29) is 28.1 Å². The molecule has 2 aliphatic rings. The number of halogens is 2. The molecular formula is C20H21B2ClIN5O3S+. The lowest BCUT2D eigenvalue weighted by Gasteiger charge is -2.22. The number of rotatable bonds is 7. The molecule has 5 rings (SSSR count). The second kappa shape index (κ2) is 9.54. The predicted octanol–water partition coefficient (Wildman–Crippen LogP) is 2.97. The van der Waals surface area contributed by atoms with Crippen LogP contribution in [0.4, 0.5) is 5.82 Å². The minimum Gasteiger partial charge on any atom is -0.451 e. The van der Waals surface area contributed by atoms with Gasteiger partial charge < -0.3 is 19.4 Å². The quantitative estimate of drug-likeness (QED) is 0.188. The third-order valence-electron chi connectivity index (χ3n) is 5.56. The second-order valence-electron chi connectivity index (χ2n) is 8.30. The first kappa shape index (κ1) is 23.7. The molecule has 2 fully saturated rings. The number of nitrogens with one attached hydrogen (secondary N) is 2. The maximum atomic E-state index is 6.33. The van der Waals surface area contributed by atoms with E-state index in [0.29, 0.717) is 24.6 Å². The molecular weight excluding hydrogens is 574 g/mol. The lowest BCUT2D eigenvalue weighted by atomic mass is 9.72. The van der Waals surface area contributed by atoms with Crippen molar-refractivity contribution in [3.05, 3.63) is 45.0 Å². The number of aromatic nitrogens is 4. The number of H-pyrrole nitrogens is 1. The van der Waals surface area contributed by atoms with Gasteiger partial charge in [0, 0.05) is 16.7 Å². The smallest absolute Gasteiger partial charge is 0.310 e. The molecule has 8 nitrogen and oxygen atoms in total. The number of hydrogen-bond donors (Lipinski definition) is 2. The SMILES string of the molecule is [B][B]OCC1SC([n+]2c[nH]c3c(NCc4cccc(I)c4)nc(Cl)nc32)C2OC(C)(C)OC12. The minimum absolute atomic E-state index is 0.0504. The molecule has 2 N–H and O–H groups in total. The molecule has 2 aromatic heterocycles. The van der Waals surface area contributed by atoms with Crippen LogP contribution in [-0.2, 0) is 20.7 Å². The highest BCUT2D eigenvalue weighted by atomic mass is 127. The van der Waals surface area contributed by atoms with Crippen molar-refractivity contribution in [2.24, 2.45) is 0 Å². The van der Waals surface area contributed by atoms with Gasteiger partial charge in [-0.1, -0.05) is 17.1 Å². The number of imidazole rings is 1. The summed E-state index contributed by atoms with van der Waals surface area (Å²) >= 11 is 10.3. The molecule has 1 aromatic carbocycles. The van der Waals surface area contributed by atoms with Gasteiger partial charge >= 0.3 is 10.9 Å². The van der Waals surface area contributed by atoms with Crippen LogP contribution in [0.5, 0.6) is 0 Å². The molecule has 2 saturated heterocycles. The Labute approximate surface area is 216 Å². The van der Waals surface area contributed by atoms with Crippen LogP contribution in [0.3, 0.4) is 0 Å². The van der Waals surface area contributed by atoms with Gasteiger partial charge in [0.25, 0.3) is 0 Å². The van der Waals surface area contributed by atoms with E-state index in [0.717, 1.165) is 11.1 Å². The average molecular weight is 595 g/mol. The van der Waals surface area contributed by atoms with Crippen LogP contribution in [-0.4, -0.2) is 59.9 Å². The van der Waals surface area contributed by atoms with Crippen molar-refractivity contribution in [2.45, 2.75) is 49.0 Å². The van der Waals surface area contributed by atoms with Gasteiger partial charge in [-0.15, -0.1) is 11.8 Å². The minimum atomic E-state index is -0.682. The Morgan fingerprint density at radius 1 is 1.36 bits per heavy atom. The number of fused-ring (bicyclic) bond motifs is 2. The molecule has 4 unspecified atom stereocenters. The first-order valence-corrected chi connectivity index (χ1v) is 12.8. The highest BCUT2D eigenvalue weighted by Gasteiger charge is 2.57. The maximum absolute atomic E-state index is 6.33. The molecule has 0 saturated carbocycles. The first-order chi connectivity index (χ1) is 15.8. The Morgan fingerprint density at radius 3 is 2.97 bits per heavy atom. The van der Waals surface area contributed by atoms with Gasteiger partial charge in [0.1, 0.15) is 12.2 Å². The standard InChI is InChI=1S/C20H20B2ClIN5O3S/c1-20(2)31-14-12(8-30-22-21)33-18(15(14)32-20)29-9-26-13-16(27-19(23)28-17(13)29)25-7-10-4-3-5-11(24)6-10/h3-6,9,12,14-15,18H,7-8H2,1-2H3,(H,25,27,28)/p+1. The van der Waals surface area contributed by atoms with E-state index in [1.165, 1.54) is 10.9 Å². The molecule has 0 spiro atoms. The topological polar surface area (TPSA) is 85.2 Å². The molecule has 3 aromatic rings. The number of hydrogen-bond acceptors (Lipinski definition) is 7. The second-order valence-corrected chi connectivity index (χ2v) is 11.2. The summed E-state index contributed by atoms with van der Waals surface area (Å²) in [4.78, 5) is 12.3. The van der Waals surface area contributed by atoms with Gasteiger partial charge in [-0.2, -0.15) is 4.98 Å². The summed E-state index contributed by atoms with van der Waals surface area (Å²) in [6, 6.07) is 8.28. The Kier molecular flexibility index (Phi) is 6.84. The average Bonchev–Trinajstić information content (AvgIpc) is 3.41.